The van der Waals surface area contributed by atoms with Crippen LogP contribution in [-0.2, 0) is 4.79 Å². The van der Waals surface area contributed by atoms with Gasteiger partial charge in [0.05, 0.1) is 5.02 Å². The van der Waals surface area contributed by atoms with Gasteiger partial charge in [0.2, 0.25) is 0 Å². The molecule has 2 atom stereocenters. The van der Waals surface area contributed by atoms with Gasteiger partial charge in [0, 0.05) is 19.1 Å². The van der Waals surface area contributed by atoms with Crippen LogP contribution in [0.3, 0.4) is 0 Å². The lowest BCUT2D eigenvalue weighted by atomic mass is 10.2. The summed E-state index contributed by atoms with van der Waals surface area (Å²) in [7, 11) is 0. The lowest BCUT2D eigenvalue weighted by molar-refractivity contribution is -0.137. The van der Waals surface area contributed by atoms with Gasteiger partial charge < -0.3 is 15.4 Å². The molecule has 0 radical (unpaired) electrons. The summed E-state index contributed by atoms with van der Waals surface area (Å²) in [4.78, 5) is 14.1. The molecule has 112 valence electrons. The van der Waals surface area contributed by atoms with Crippen molar-refractivity contribution >= 4 is 29.9 Å². The summed E-state index contributed by atoms with van der Waals surface area (Å²) in [6.45, 7) is 3.25. The van der Waals surface area contributed by atoms with Gasteiger partial charge in [0.25, 0.3) is 5.91 Å². The summed E-state index contributed by atoms with van der Waals surface area (Å²) in [5, 5.41) is 0.520. The average molecular weight is 319 g/mol. The van der Waals surface area contributed by atoms with E-state index in [4.69, 9.17) is 22.1 Å². The topological polar surface area (TPSA) is 55.6 Å². The van der Waals surface area contributed by atoms with E-state index in [0.717, 1.165) is 6.42 Å². The number of likely N-dealkylation sites (tertiary alicyclic amines) is 1. The van der Waals surface area contributed by atoms with Crippen molar-refractivity contribution in [2.75, 3.05) is 13.1 Å². The van der Waals surface area contributed by atoms with Crippen LogP contribution in [0.15, 0.2) is 24.3 Å². The number of amides is 1. The molecule has 1 unspecified atom stereocenters. The molecule has 0 aliphatic carbocycles. The molecule has 1 aliphatic rings. The van der Waals surface area contributed by atoms with E-state index in [2.05, 4.69) is 0 Å². The molecule has 2 N–H and O–H groups in total. The third-order valence-electron chi connectivity index (χ3n) is 3.29. The Hall–Kier alpha value is -0.970. The number of carbonyl (C=O) groups is 1. The van der Waals surface area contributed by atoms with E-state index >= 15 is 0 Å². The molecule has 1 fully saturated rings. The van der Waals surface area contributed by atoms with Crippen molar-refractivity contribution in [2.24, 2.45) is 5.73 Å². The maximum Gasteiger partial charge on any atom is 0.263 e. The molecule has 0 bridgehead atoms. The molecule has 1 saturated heterocycles. The Kier molecular flexibility index (Phi) is 6.59. The van der Waals surface area contributed by atoms with Gasteiger partial charge in [-0.15, -0.1) is 12.4 Å². The third-order valence-corrected chi connectivity index (χ3v) is 3.60. The van der Waals surface area contributed by atoms with Gasteiger partial charge in [0.1, 0.15) is 5.75 Å². The lowest BCUT2D eigenvalue weighted by Crippen LogP contribution is -2.41. The summed E-state index contributed by atoms with van der Waals surface area (Å²) in [5.41, 5.74) is 5.83. The highest BCUT2D eigenvalue weighted by Gasteiger charge is 2.29. The molecule has 4 nitrogen and oxygen atoms in total. The van der Waals surface area contributed by atoms with Gasteiger partial charge in [0.15, 0.2) is 6.10 Å². The monoisotopic (exact) mass is 318 g/mol. The predicted molar refractivity (Wildman–Crippen MR) is 82.6 cm³/mol. The van der Waals surface area contributed by atoms with Crippen molar-refractivity contribution in [1.29, 1.82) is 0 Å². The second-order valence-electron chi connectivity index (χ2n) is 4.78. The molecular weight excluding hydrogens is 299 g/mol. The lowest BCUT2D eigenvalue weighted by Gasteiger charge is -2.23. The minimum Gasteiger partial charge on any atom is -0.479 e. The first-order valence-electron chi connectivity index (χ1n) is 6.57. The molecule has 0 spiro atoms. The summed E-state index contributed by atoms with van der Waals surface area (Å²) < 4.78 is 5.74. The number of nitrogens with zero attached hydrogens (tertiary/aromatic N) is 1. The highest BCUT2D eigenvalue weighted by atomic mass is 35.5. The summed E-state index contributed by atoms with van der Waals surface area (Å²) in [6, 6.07) is 7.27. The van der Waals surface area contributed by atoms with Crippen molar-refractivity contribution in [1.82, 2.24) is 4.90 Å². The number of benzene rings is 1. The first-order valence-corrected chi connectivity index (χ1v) is 6.95. The fourth-order valence-corrected chi connectivity index (χ4v) is 2.37. The molecule has 20 heavy (non-hydrogen) atoms. The van der Waals surface area contributed by atoms with Gasteiger partial charge in [-0.1, -0.05) is 30.7 Å². The number of rotatable bonds is 4. The molecule has 1 aromatic rings. The van der Waals surface area contributed by atoms with Crippen LogP contribution in [0.2, 0.25) is 5.02 Å². The predicted octanol–water partition coefficient (Wildman–Crippen LogP) is 2.48. The van der Waals surface area contributed by atoms with Crippen LogP contribution in [0.5, 0.6) is 5.75 Å². The quantitative estimate of drug-likeness (QED) is 0.927. The Labute approximate surface area is 130 Å². The minimum atomic E-state index is -0.495. The fourth-order valence-electron chi connectivity index (χ4n) is 2.19. The zero-order valence-corrected chi connectivity index (χ0v) is 13.0. The zero-order valence-electron chi connectivity index (χ0n) is 11.4. The van der Waals surface area contributed by atoms with Crippen LogP contribution in [-0.4, -0.2) is 36.0 Å². The van der Waals surface area contributed by atoms with Crippen molar-refractivity contribution in [2.45, 2.75) is 31.9 Å². The molecule has 1 aromatic carbocycles. The number of carbonyl (C=O) groups excluding carboxylic acids is 1. The Bertz CT molecular complexity index is 457. The first-order chi connectivity index (χ1) is 9.11. The molecule has 1 heterocycles. The van der Waals surface area contributed by atoms with Crippen LogP contribution in [0.1, 0.15) is 19.8 Å². The van der Waals surface area contributed by atoms with Gasteiger partial charge >= 0.3 is 0 Å². The first kappa shape index (κ1) is 17.1. The van der Waals surface area contributed by atoms with E-state index in [0.29, 0.717) is 30.3 Å². The average Bonchev–Trinajstić information content (AvgIpc) is 2.84. The van der Waals surface area contributed by atoms with Gasteiger partial charge in [-0.05, 0) is 25.0 Å². The number of ether oxygens (including phenoxy) is 1. The van der Waals surface area contributed by atoms with E-state index in [1.165, 1.54) is 0 Å². The number of hydrogen-bond acceptors (Lipinski definition) is 3. The second-order valence-corrected chi connectivity index (χ2v) is 5.19. The van der Waals surface area contributed by atoms with E-state index in [9.17, 15) is 4.79 Å². The standard InChI is InChI=1S/C14H19ClN2O2.ClH/c1-2-12(14(18)17-8-7-10(16)9-17)19-13-6-4-3-5-11(13)15;/h3-6,10,12H,2,7-9,16H2,1H3;1H/t10-,12?;/m1./s1. The molecule has 0 aromatic heterocycles. The fraction of sp³-hybridized carbons (Fsp3) is 0.500. The second kappa shape index (κ2) is 7.72. The van der Waals surface area contributed by atoms with Crippen LogP contribution >= 0.6 is 24.0 Å². The number of nitrogens with two attached hydrogens (primary N) is 1. The van der Waals surface area contributed by atoms with E-state index in [-0.39, 0.29) is 24.4 Å². The van der Waals surface area contributed by atoms with Crippen molar-refractivity contribution in [3.8, 4) is 5.75 Å². The van der Waals surface area contributed by atoms with Crippen LogP contribution < -0.4 is 10.5 Å². The Morgan fingerprint density at radius 3 is 2.80 bits per heavy atom. The van der Waals surface area contributed by atoms with Crippen LogP contribution in [0, 0.1) is 0 Å². The number of hydrogen-bond donors (Lipinski definition) is 1. The smallest absolute Gasteiger partial charge is 0.263 e. The number of halogens is 2. The number of para-hydroxylation sites is 1. The largest absolute Gasteiger partial charge is 0.479 e. The summed E-state index contributed by atoms with van der Waals surface area (Å²) >= 11 is 6.04. The summed E-state index contributed by atoms with van der Waals surface area (Å²) in [6.07, 6.45) is 0.967. The van der Waals surface area contributed by atoms with Crippen LogP contribution in [0.4, 0.5) is 0 Å². The highest BCUT2D eigenvalue weighted by Crippen LogP contribution is 2.25. The Morgan fingerprint density at radius 1 is 1.55 bits per heavy atom. The van der Waals surface area contributed by atoms with Gasteiger partial charge in [-0.3, -0.25) is 4.79 Å². The Morgan fingerprint density at radius 2 is 2.25 bits per heavy atom. The molecule has 2 rings (SSSR count). The SMILES string of the molecule is CCC(Oc1ccccc1Cl)C(=O)N1CC[C@@H](N)C1.Cl. The van der Waals surface area contributed by atoms with Crippen LogP contribution in [0.25, 0.3) is 0 Å². The third kappa shape index (κ3) is 4.01. The Balaban J connectivity index is 0.00000200. The van der Waals surface area contributed by atoms with E-state index < -0.39 is 6.10 Å². The van der Waals surface area contributed by atoms with E-state index in [1.54, 1.807) is 17.0 Å². The molecule has 1 amide bonds. The maximum absolute atomic E-state index is 12.3. The molecule has 1 aliphatic heterocycles. The highest BCUT2D eigenvalue weighted by molar-refractivity contribution is 6.32. The molecule has 6 heteroatoms. The molecule has 0 saturated carbocycles. The zero-order chi connectivity index (χ0) is 13.8. The van der Waals surface area contributed by atoms with Gasteiger partial charge in [-0.2, -0.15) is 0 Å². The van der Waals surface area contributed by atoms with Gasteiger partial charge in [-0.25, -0.2) is 0 Å². The van der Waals surface area contributed by atoms with Crippen molar-refractivity contribution < 1.29 is 9.53 Å². The maximum atomic E-state index is 12.3. The summed E-state index contributed by atoms with van der Waals surface area (Å²) in [5.74, 6) is 0.545. The van der Waals surface area contributed by atoms with Crippen molar-refractivity contribution in [3.05, 3.63) is 29.3 Å². The normalized spacial score (nSPS) is 19.4. The van der Waals surface area contributed by atoms with Crippen molar-refractivity contribution in [3.63, 3.8) is 0 Å². The minimum absolute atomic E-state index is 0. The van der Waals surface area contributed by atoms with E-state index in [1.807, 2.05) is 19.1 Å². The molecular formula is C14H20Cl2N2O2.